The van der Waals surface area contributed by atoms with Crippen LogP contribution in [0.1, 0.15) is 12.5 Å². The zero-order chi connectivity index (χ0) is 11.7. The summed E-state index contributed by atoms with van der Waals surface area (Å²) in [6, 6.07) is 18.4. The Balaban J connectivity index is 1.98. The van der Waals surface area contributed by atoms with E-state index in [1.807, 2.05) is 42.5 Å². The fourth-order valence-electron chi connectivity index (χ4n) is 2.20. The lowest BCUT2D eigenvalue weighted by Crippen LogP contribution is -2.40. The highest BCUT2D eigenvalue weighted by Gasteiger charge is 2.32. The molecule has 0 saturated carbocycles. The molecular weight excluding hydrogens is 210 g/mol. The Hall–Kier alpha value is -1.96. The molecule has 17 heavy (non-hydrogen) atoms. The largest absolute Gasteiger partial charge is 0.479 e. The summed E-state index contributed by atoms with van der Waals surface area (Å²) in [6.45, 7) is 2.90. The lowest BCUT2D eigenvalue weighted by atomic mass is 9.94. The van der Waals surface area contributed by atoms with E-state index in [0.717, 1.165) is 18.0 Å². The number of fused-ring (bicyclic) bond motifs is 1. The van der Waals surface area contributed by atoms with Crippen LogP contribution in [0.3, 0.4) is 0 Å². The predicted octanol–water partition coefficient (Wildman–Crippen LogP) is 3.41. The van der Waals surface area contributed by atoms with Gasteiger partial charge >= 0.3 is 0 Å². The van der Waals surface area contributed by atoms with Crippen molar-refractivity contribution in [3.63, 3.8) is 0 Å². The first-order valence-electron chi connectivity index (χ1n) is 5.85. The molecule has 2 aromatic rings. The lowest BCUT2D eigenvalue weighted by molar-refractivity contribution is 0.0939. The van der Waals surface area contributed by atoms with Gasteiger partial charge < -0.3 is 10.1 Å². The van der Waals surface area contributed by atoms with Crippen LogP contribution in [-0.4, -0.2) is 6.54 Å². The van der Waals surface area contributed by atoms with Gasteiger partial charge in [-0.1, -0.05) is 42.5 Å². The molecule has 0 bridgehead atoms. The SMILES string of the molecule is CC1(c2ccccc2)CNc2ccccc2O1. The molecule has 0 amide bonds. The normalized spacial score (nSPS) is 22.2. The fourth-order valence-corrected chi connectivity index (χ4v) is 2.20. The molecule has 3 rings (SSSR count). The zero-order valence-corrected chi connectivity index (χ0v) is 9.81. The number of anilines is 1. The van der Waals surface area contributed by atoms with Gasteiger partial charge in [-0.05, 0) is 24.6 Å². The maximum absolute atomic E-state index is 6.14. The van der Waals surface area contributed by atoms with E-state index >= 15 is 0 Å². The second-order valence-corrected chi connectivity index (χ2v) is 4.55. The number of ether oxygens (including phenoxy) is 1. The van der Waals surface area contributed by atoms with Crippen LogP contribution in [0.25, 0.3) is 0 Å². The third-order valence-electron chi connectivity index (χ3n) is 3.22. The van der Waals surface area contributed by atoms with Gasteiger partial charge in [0, 0.05) is 0 Å². The van der Waals surface area contributed by atoms with E-state index in [4.69, 9.17) is 4.74 Å². The Kier molecular flexibility index (Phi) is 2.29. The molecule has 2 nitrogen and oxygen atoms in total. The van der Waals surface area contributed by atoms with Crippen molar-refractivity contribution in [2.45, 2.75) is 12.5 Å². The first-order valence-corrected chi connectivity index (χ1v) is 5.85. The van der Waals surface area contributed by atoms with E-state index in [2.05, 4.69) is 24.4 Å². The number of hydrogen-bond acceptors (Lipinski definition) is 2. The summed E-state index contributed by atoms with van der Waals surface area (Å²) in [5.41, 5.74) is 1.97. The van der Waals surface area contributed by atoms with Gasteiger partial charge in [0.25, 0.3) is 0 Å². The predicted molar refractivity (Wildman–Crippen MR) is 69.4 cm³/mol. The van der Waals surface area contributed by atoms with Gasteiger partial charge in [0.15, 0.2) is 0 Å². The fraction of sp³-hybridized carbons (Fsp3) is 0.200. The van der Waals surface area contributed by atoms with Crippen LogP contribution in [0.15, 0.2) is 54.6 Å². The van der Waals surface area contributed by atoms with E-state index in [9.17, 15) is 0 Å². The van der Waals surface area contributed by atoms with Gasteiger partial charge in [-0.25, -0.2) is 0 Å². The quantitative estimate of drug-likeness (QED) is 0.803. The van der Waals surface area contributed by atoms with E-state index < -0.39 is 0 Å². The summed E-state index contributed by atoms with van der Waals surface area (Å²) >= 11 is 0. The van der Waals surface area contributed by atoms with Crippen molar-refractivity contribution in [1.82, 2.24) is 0 Å². The number of para-hydroxylation sites is 2. The average molecular weight is 225 g/mol. The first-order chi connectivity index (χ1) is 8.28. The summed E-state index contributed by atoms with van der Waals surface area (Å²) in [6.07, 6.45) is 0. The minimum Gasteiger partial charge on any atom is -0.479 e. The summed E-state index contributed by atoms with van der Waals surface area (Å²) in [5, 5.41) is 3.43. The first kappa shape index (κ1) is 10.2. The van der Waals surface area contributed by atoms with Crippen molar-refractivity contribution >= 4 is 5.69 Å². The molecule has 1 unspecified atom stereocenters. The smallest absolute Gasteiger partial charge is 0.148 e. The van der Waals surface area contributed by atoms with Crippen molar-refractivity contribution in [3.05, 3.63) is 60.2 Å². The van der Waals surface area contributed by atoms with E-state index in [-0.39, 0.29) is 5.60 Å². The van der Waals surface area contributed by atoms with Crippen LogP contribution in [0, 0.1) is 0 Å². The summed E-state index contributed by atoms with van der Waals surface area (Å²) in [5.74, 6) is 0.921. The van der Waals surface area contributed by atoms with E-state index in [1.54, 1.807) is 0 Å². The molecule has 0 fully saturated rings. The molecule has 1 aliphatic heterocycles. The number of rotatable bonds is 1. The Morgan fingerprint density at radius 1 is 1.00 bits per heavy atom. The average Bonchev–Trinajstić information content (AvgIpc) is 2.40. The summed E-state index contributed by atoms with van der Waals surface area (Å²) in [4.78, 5) is 0. The molecule has 1 heterocycles. The molecule has 0 aliphatic carbocycles. The third kappa shape index (κ3) is 1.76. The lowest BCUT2D eigenvalue weighted by Gasteiger charge is -2.36. The Morgan fingerprint density at radius 3 is 2.53 bits per heavy atom. The molecule has 0 saturated heterocycles. The minimum absolute atomic E-state index is 0.296. The van der Waals surface area contributed by atoms with Crippen molar-refractivity contribution in [3.8, 4) is 5.75 Å². The molecule has 0 radical (unpaired) electrons. The highest BCUT2D eigenvalue weighted by molar-refractivity contribution is 5.58. The summed E-state index contributed by atoms with van der Waals surface area (Å²) in [7, 11) is 0. The highest BCUT2D eigenvalue weighted by Crippen LogP contribution is 2.37. The maximum Gasteiger partial charge on any atom is 0.148 e. The van der Waals surface area contributed by atoms with Gasteiger partial charge in [-0.2, -0.15) is 0 Å². The molecular formula is C15H15NO. The van der Waals surface area contributed by atoms with Gasteiger partial charge in [0.1, 0.15) is 11.4 Å². The molecule has 86 valence electrons. The second-order valence-electron chi connectivity index (χ2n) is 4.55. The summed E-state index contributed by atoms with van der Waals surface area (Å²) < 4.78 is 6.14. The van der Waals surface area contributed by atoms with Crippen LogP contribution in [0.5, 0.6) is 5.75 Å². The molecule has 1 aliphatic rings. The van der Waals surface area contributed by atoms with Crippen molar-refractivity contribution in [1.29, 1.82) is 0 Å². The number of benzene rings is 2. The zero-order valence-electron chi connectivity index (χ0n) is 9.81. The van der Waals surface area contributed by atoms with Gasteiger partial charge in [-0.15, -0.1) is 0 Å². The Morgan fingerprint density at radius 2 is 1.71 bits per heavy atom. The molecule has 2 aromatic carbocycles. The third-order valence-corrected chi connectivity index (χ3v) is 3.22. The van der Waals surface area contributed by atoms with Crippen LogP contribution >= 0.6 is 0 Å². The van der Waals surface area contributed by atoms with Crippen LogP contribution in [-0.2, 0) is 5.60 Å². The van der Waals surface area contributed by atoms with Crippen LogP contribution < -0.4 is 10.1 Å². The van der Waals surface area contributed by atoms with E-state index in [0.29, 0.717) is 0 Å². The monoisotopic (exact) mass is 225 g/mol. The Labute approximate surface area is 101 Å². The Bertz CT molecular complexity index is 523. The van der Waals surface area contributed by atoms with Gasteiger partial charge in [-0.3, -0.25) is 0 Å². The van der Waals surface area contributed by atoms with Crippen LogP contribution in [0.2, 0.25) is 0 Å². The standard InChI is InChI=1S/C15H15NO/c1-15(12-7-3-2-4-8-12)11-16-13-9-5-6-10-14(13)17-15/h2-10,16H,11H2,1H3. The maximum atomic E-state index is 6.14. The number of hydrogen-bond donors (Lipinski definition) is 1. The molecule has 1 N–H and O–H groups in total. The topological polar surface area (TPSA) is 21.3 Å². The van der Waals surface area contributed by atoms with Crippen molar-refractivity contribution in [2.24, 2.45) is 0 Å². The molecule has 2 heteroatoms. The van der Waals surface area contributed by atoms with E-state index in [1.165, 1.54) is 5.56 Å². The minimum atomic E-state index is -0.296. The molecule has 1 atom stereocenters. The van der Waals surface area contributed by atoms with Gasteiger partial charge in [0.2, 0.25) is 0 Å². The number of nitrogens with one attached hydrogen (secondary N) is 1. The highest BCUT2D eigenvalue weighted by atomic mass is 16.5. The van der Waals surface area contributed by atoms with Crippen LogP contribution in [0.4, 0.5) is 5.69 Å². The van der Waals surface area contributed by atoms with Crippen molar-refractivity contribution < 1.29 is 4.74 Å². The molecule has 0 spiro atoms. The van der Waals surface area contributed by atoms with Crippen molar-refractivity contribution in [2.75, 3.05) is 11.9 Å². The van der Waals surface area contributed by atoms with Gasteiger partial charge in [0.05, 0.1) is 12.2 Å². The second kappa shape index (κ2) is 3.81. The molecule has 0 aromatic heterocycles.